The molecule has 3 heteroatoms. The van der Waals surface area contributed by atoms with E-state index in [4.69, 9.17) is 15.2 Å². The summed E-state index contributed by atoms with van der Waals surface area (Å²) in [5.74, 6) is 1.62. The van der Waals surface area contributed by atoms with Crippen molar-refractivity contribution in [2.24, 2.45) is 5.73 Å². The summed E-state index contributed by atoms with van der Waals surface area (Å²) in [5, 5.41) is 0. The van der Waals surface area contributed by atoms with Crippen molar-refractivity contribution in [3.05, 3.63) is 23.8 Å². The van der Waals surface area contributed by atoms with Crippen LogP contribution in [0.15, 0.2) is 18.2 Å². The van der Waals surface area contributed by atoms with E-state index in [0.717, 1.165) is 17.1 Å². The molecule has 3 nitrogen and oxygen atoms in total. The van der Waals surface area contributed by atoms with Crippen LogP contribution in [0.3, 0.4) is 0 Å². The van der Waals surface area contributed by atoms with Gasteiger partial charge < -0.3 is 15.2 Å². The van der Waals surface area contributed by atoms with Gasteiger partial charge in [0.05, 0.1) is 0 Å². The molecule has 1 aromatic rings. The van der Waals surface area contributed by atoms with Gasteiger partial charge in [-0.05, 0) is 24.6 Å². The number of hydrogen-bond acceptors (Lipinski definition) is 3. The Kier molecular flexibility index (Phi) is 2.10. The lowest BCUT2D eigenvalue weighted by Crippen LogP contribution is -2.25. The van der Waals surface area contributed by atoms with Crippen LogP contribution in [0.2, 0.25) is 0 Å². The van der Waals surface area contributed by atoms with Gasteiger partial charge in [0.25, 0.3) is 0 Å². The summed E-state index contributed by atoms with van der Waals surface area (Å²) in [6.45, 7) is 3.14. The first-order chi connectivity index (χ1) is 6.29. The molecule has 1 atom stereocenters. The molecular formula is C10H13NO2. The minimum absolute atomic E-state index is 0.125. The second-order valence-electron chi connectivity index (χ2n) is 3.22. The Morgan fingerprint density at radius 2 is 2.31 bits per heavy atom. The highest BCUT2D eigenvalue weighted by atomic mass is 16.6. The molecule has 0 amide bonds. The fourth-order valence-corrected chi connectivity index (χ4v) is 1.35. The van der Waals surface area contributed by atoms with E-state index in [9.17, 15) is 0 Å². The van der Waals surface area contributed by atoms with Crippen LogP contribution in [-0.4, -0.2) is 12.7 Å². The van der Waals surface area contributed by atoms with Crippen LogP contribution in [-0.2, 0) is 6.54 Å². The van der Waals surface area contributed by atoms with Gasteiger partial charge in [-0.1, -0.05) is 6.07 Å². The Morgan fingerprint density at radius 1 is 1.46 bits per heavy atom. The second kappa shape index (κ2) is 3.26. The van der Waals surface area contributed by atoms with E-state index in [2.05, 4.69) is 0 Å². The Labute approximate surface area is 77.5 Å². The Bertz CT molecular complexity index is 312. The molecule has 2 N–H and O–H groups in total. The highest BCUT2D eigenvalue weighted by Gasteiger charge is 2.16. The lowest BCUT2D eigenvalue weighted by molar-refractivity contribution is 0.104. The Balaban J connectivity index is 2.32. The van der Waals surface area contributed by atoms with Gasteiger partial charge >= 0.3 is 0 Å². The smallest absolute Gasteiger partial charge is 0.162 e. The number of nitrogens with two attached hydrogens (primary N) is 1. The van der Waals surface area contributed by atoms with E-state index in [1.54, 1.807) is 0 Å². The molecule has 0 saturated heterocycles. The van der Waals surface area contributed by atoms with Crippen molar-refractivity contribution in [2.75, 3.05) is 6.61 Å². The zero-order valence-corrected chi connectivity index (χ0v) is 7.62. The molecule has 1 aromatic carbocycles. The van der Waals surface area contributed by atoms with Gasteiger partial charge in [0, 0.05) is 6.54 Å². The predicted molar refractivity (Wildman–Crippen MR) is 49.9 cm³/mol. The largest absolute Gasteiger partial charge is 0.486 e. The van der Waals surface area contributed by atoms with Crippen LogP contribution >= 0.6 is 0 Å². The molecule has 13 heavy (non-hydrogen) atoms. The topological polar surface area (TPSA) is 44.5 Å². The number of fused-ring (bicyclic) bond motifs is 1. The number of hydrogen-bond donors (Lipinski definition) is 1. The van der Waals surface area contributed by atoms with Crippen molar-refractivity contribution in [3.8, 4) is 11.5 Å². The molecule has 1 aliphatic rings. The summed E-state index contributed by atoms with van der Waals surface area (Å²) < 4.78 is 11.1. The molecule has 1 heterocycles. The lowest BCUT2D eigenvalue weighted by Gasteiger charge is -2.24. The zero-order chi connectivity index (χ0) is 9.26. The summed E-state index contributed by atoms with van der Waals surface area (Å²) in [6, 6.07) is 5.80. The third-order valence-electron chi connectivity index (χ3n) is 2.05. The average molecular weight is 179 g/mol. The monoisotopic (exact) mass is 179 g/mol. The summed E-state index contributed by atoms with van der Waals surface area (Å²) in [4.78, 5) is 0. The molecule has 1 aliphatic heterocycles. The molecule has 1 unspecified atom stereocenters. The highest BCUT2D eigenvalue weighted by Crippen LogP contribution is 2.32. The molecular weight excluding hydrogens is 166 g/mol. The Hall–Kier alpha value is -1.22. The van der Waals surface area contributed by atoms with E-state index < -0.39 is 0 Å². The first-order valence-electron chi connectivity index (χ1n) is 4.42. The fraction of sp³-hybridized carbons (Fsp3) is 0.400. The van der Waals surface area contributed by atoms with Crippen LogP contribution in [0.4, 0.5) is 0 Å². The molecule has 0 spiro atoms. The van der Waals surface area contributed by atoms with Gasteiger partial charge in [-0.15, -0.1) is 0 Å². The van der Waals surface area contributed by atoms with Crippen molar-refractivity contribution < 1.29 is 9.47 Å². The minimum Gasteiger partial charge on any atom is -0.486 e. The standard InChI is InChI=1S/C10H13NO2/c1-7-6-12-9-3-2-8(5-11)4-10(9)13-7/h2-4,7H,5-6,11H2,1H3. The van der Waals surface area contributed by atoms with E-state index in [-0.39, 0.29) is 6.10 Å². The van der Waals surface area contributed by atoms with E-state index >= 15 is 0 Å². The maximum Gasteiger partial charge on any atom is 0.162 e. The van der Waals surface area contributed by atoms with Gasteiger partial charge in [-0.3, -0.25) is 0 Å². The van der Waals surface area contributed by atoms with Crippen LogP contribution in [0, 0.1) is 0 Å². The summed E-state index contributed by atoms with van der Waals surface area (Å²) >= 11 is 0. The maximum atomic E-state index is 5.59. The SMILES string of the molecule is CC1COc2ccc(CN)cc2O1. The van der Waals surface area contributed by atoms with Crippen molar-refractivity contribution in [1.29, 1.82) is 0 Å². The summed E-state index contributed by atoms with van der Waals surface area (Å²) in [7, 11) is 0. The predicted octanol–water partition coefficient (Wildman–Crippen LogP) is 1.30. The minimum atomic E-state index is 0.125. The lowest BCUT2D eigenvalue weighted by atomic mass is 10.2. The molecule has 2 rings (SSSR count). The first-order valence-corrected chi connectivity index (χ1v) is 4.42. The van der Waals surface area contributed by atoms with E-state index in [1.807, 2.05) is 25.1 Å². The quantitative estimate of drug-likeness (QED) is 0.706. The van der Waals surface area contributed by atoms with Gasteiger partial charge in [-0.2, -0.15) is 0 Å². The van der Waals surface area contributed by atoms with Crippen molar-refractivity contribution in [3.63, 3.8) is 0 Å². The number of benzene rings is 1. The van der Waals surface area contributed by atoms with Crippen LogP contribution in [0.1, 0.15) is 12.5 Å². The van der Waals surface area contributed by atoms with Crippen molar-refractivity contribution >= 4 is 0 Å². The number of rotatable bonds is 1. The van der Waals surface area contributed by atoms with Gasteiger partial charge in [0.15, 0.2) is 11.5 Å². The van der Waals surface area contributed by atoms with E-state index in [1.165, 1.54) is 0 Å². The molecule has 0 saturated carbocycles. The highest BCUT2D eigenvalue weighted by molar-refractivity contribution is 5.43. The normalized spacial score (nSPS) is 20.0. The molecule has 70 valence electrons. The molecule has 0 aromatic heterocycles. The molecule has 0 bridgehead atoms. The maximum absolute atomic E-state index is 5.59. The average Bonchev–Trinajstić information content (AvgIpc) is 2.16. The third-order valence-corrected chi connectivity index (χ3v) is 2.05. The van der Waals surface area contributed by atoms with Crippen LogP contribution in [0.5, 0.6) is 11.5 Å². The van der Waals surface area contributed by atoms with Gasteiger partial charge in [0.2, 0.25) is 0 Å². The summed E-state index contributed by atoms with van der Waals surface area (Å²) in [5.41, 5.74) is 6.59. The summed E-state index contributed by atoms with van der Waals surface area (Å²) in [6.07, 6.45) is 0.125. The van der Waals surface area contributed by atoms with Crippen molar-refractivity contribution in [2.45, 2.75) is 19.6 Å². The fourth-order valence-electron chi connectivity index (χ4n) is 1.35. The Morgan fingerprint density at radius 3 is 3.08 bits per heavy atom. The van der Waals surface area contributed by atoms with Gasteiger partial charge in [0.1, 0.15) is 12.7 Å². The van der Waals surface area contributed by atoms with E-state index in [0.29, 0.717) is 13.2 Å². The molecule has 0 aliphatic carbocycles. The zero-order valence-electron chi connectivity index (χ0n) is 7.62. The molecule has 0 fully saturated rings. The first kappa shape index (κ1) is 8.38. The second-order valence-corrected chi connectivity index (χ2v) is 3.22. The third kappa shape index (κ3) is 1.60. The van der Waals surface area contributed by atoms with Crippen LogP contribution < -0.4 is 15.2 Å². The van der Waals surface area contributed by atoms with Crippen molar-refractivity contribution in [1.82, 2.24) is 0 Å². The van der Waals surface area contributed by atoms with Crippen LogP contribution in [0.25, 0.3) is 0 Å². The van der Waals surface area contributed by atoms with Gasteiger partial charge in [-0.25, -0.2) is 0 Å². The number of ether oxygens (including phenoxy) is 2. The molecule has 0 radical (unpaired) electrons.